The van der Waals surface area contributed by atoms with Crippen LogP contribution in [-0.4, -0.2) is 11.1 Å². The summed E-state index contributed by atoms with van der Waals surface area (Å²) < 4.78 is 0. The normalized spacial score (nSPS) is 5.71. The first-order valence-electron chi connectivity index (χ1n) is 3.60. The SMILES string of the molecule is C=C(C)C#N.C=CC(=O)O.C=CC=C. The van der Waals surface area contributed by atoms with Crippen molar-refractivity contribution < 1.29 is 9.90 Å². The Hall–Kier alpha value is -2.08. The van der Waals surface area contributed by atoms with Gasteiger partial charge in [0.1, 0.15) is 0 Å². The van der Waals surface area contributed by atoms with Crippen LogP contribution in [0.3, 0.4) is 0 Å². The van der Waals surface area contributed by atoms with Crippen molar-refractivity contribution in [1.82, 2.24) is 0 Å². The second-order valence-corrected chi connectivity index (χ2v) is 1.91. The highest BCUT2D eigenvalue weighted by molar-refractivity contribution is 5.78. The molecule has 0 aliphatic carbocycles. The second-order valence-electron chi connectivity index (χ2n) is 1.91. The molecule has 3 nitrogen and oxygen atoms in total. The van der Waals surface area contributed by atoms with Crippen LogP contribution in [0.5, 0.6) is 0 Å². The van der Waals surface area contributed by atoms with E-state index in [-0.39, 0.29) is 0 Å². The van der Waals surface area contributed by atoms with Crippen LogP contribution in [-0.2, 0) is 4.79 Å². The average Bonchev–Trinajstić information content (AvgIpc) is 2.19. The molecule has 0 aliphatic rings. The summed E-state index contributed by atoms with van der Waals surface area (Å²) >= 11 is 0. The van der Waals surface area contributed by atoms with E-state index in [0.717, 1.165) is 6.08 Å². The van der Waals surface area contributed by atoms with E-state index < -0.39 is 5.97 Å². The van der Waals surface area contributed by atoms with Gasteiger partial charge in [0.25, 0.3) is 0 Å². The number of rotatable bonds is 2. The number of hydrogen-bond donors (Lipinski definition) is 1. The van der Waals surface area contributed by atoms with Crippen molar-refractivity contribution in [3.8, 4) is 6.07 Å². The summed E-state index contributed by atoms with van der Waals surface area (Å²) in [7, 11) is 0. The Morgan fingerprint density at radius 2 is 1.57 bits per heavy atom. The highest BCUT2D eigenvalue weighted by Crippen LogP contribution is 1.74. The Balaban J connectivity index is -0.000000131. The lowest BCUT2D eigenvalue weighted by molar-refractivity contribution is -0.131. The third-order valence-corrected chi connectivity index (χ3v) is 0.532. The van der Waals surface area contributed by atoms with Gasteiger partial charge in [-0.25, -0.2) is 4.79 Å². The van der Waals surface area contributed by atoms with Gasteiger partial charge >= 0.3 is 5.97 Å². The maximum atomic E-state index is 9.25. The summed E-state index contributed by atoms with van der Waals surface area (Å²) in [5.41, 5.74) is 0.560. The highest BCUT2D eigenvalue weighted by atomic mass is 16.4. The minimum atomic E-state index is -0.981. The smallest absolute Gasteiger partial charge is 0.327 e. The van der Waals surface area contributed by atoms with Crippen molar-refractivity contribution in [1.29, 1.82) is 5.26 Å². The zero-order valence-corrected chi connectivity index (χ0v) is 8.36. The number of carbonyl (C=O) groups is 1. The van der Waals surface area contributed by atoms with Crippen LogP contribution in [0.15, 0.2) is 50.1 Å². The van der Waals surface area contributed by atoms with Crippen LogP contribution in [0.4, 0.5) is 0 Å². The van der Waals surface area contributed by atoms with Gasteiger partial charge in [-0.3, -0.25) is 0 Å². The number of carboxylic acids is 1. The van der Waals surface area contributed by atoms with Gasteiger partial charge in [0.2, 0.25) is 0 Å². The van der Waals surface area contributed by atoms with Crippen LogP contribution in [0.25, 0.3) is 0 Å². The number of nitriles is 1. The number of allylic oxidation sites excluding steroid dienone is 3. The molecule has 3 heteroatoms. The van der Waals surface area contributed by atoms with Crippen LogP contribution >= 0.6 is 0 Å². The molecule has 0 atom stereocenters. The van der Waals surface area contributed by atoms with Gasteiger partial charge in [-0.2, -0.15) is 5.26 Å². The predicted octanol–water partition coefficient (Wildman–Crippen LogP) is 2.70. The van der Waals surface area contributed by atoms with Gasteiger partial charge in [0.15, 0.2) is 0 Å². The minimum Gasteiger partial charge on any atom is -0.478 e. The topological polar surface area (TPSA) is 61.1 Å². The quantitative estimate of drug-likeness (QED) is 0.416. The molecule has 0 saturated heterocycles. The summed E-state index contributed by atoms with van der Waals surface area (Å²) in [6.07, 6.45) is 4.11. The third-order valence-electron chi connectivity index (χ3n) is 0.532. The highest BCUT2D eigenvalue weighted by Gasteiger charge is 1.73. The van der Waals surface area contributed by atoms with Gasteiger partial charge in [-0.1, -0.05) is 38.5 Å². The molecule has 0 bridgehead atoms. The molecule has 76 valence electrons. The molecule has 0 fully saturated rings. The van der Waals surface area contributed by atoms with E-state index in [2.05, 4.69) is 26.3 Å². The molecule has 0 amide bonds. The molecule has 0 spiro atoms. The molecule has 0 saturated carbocycles. The maximum absolute atomic E-state index is 9.25. The molecule has 0 heterocycles. The fraction of sp³-hybridized carbons (Fsp3) is 0.0909. The van der Waals surface area contributed by atoms with Crippen molar-refractivity contribution in [3.63, 3.8) is 0 Å². The Bertz CT molecular complexity index is 241. The van der Waals surface area contributed by atoms with Gasteiger partial charge in [-0.05, 0) is 6.92 Å². The van der Waals surface area contributed by atoms with E-state index in [4.69, 9.17) is 10.4 Å². The molecule has 1 N–H and O–H groups in total. The van der Waals surface area contributed by atoms with E-state index >= 15 is 0 Å². The average molecular weight is 193 g/mol. The number of aliphatic carboxylic acids is 1. The molecular formula is C11H15NO2. The van der Waals surface area contributed by atoms with Crippen LogP contribution in [0.2, 0.25) is 0 Å². The Kier molecular flexibility index (Phi) is 21.9. The number of carboxylic acid groups (broad SMARTS) is 1. The Morgan fingerprint density at radius 1 is 1.36 bits per heavy atom. The van der Waals surface area contributed by atoms with E-state index in [1.807, 2.05) is 6.07 Å². The Labute approximate surface area is 85.0 Å². The van der Waals surface area contributed by atoms with E-state index in [1.165, 1.54) is 0 Å². The van der Waals surface area contributed by atoms with Gasteiger partial charge < -0.3 is 5.11 Å². The maximum Gasteiger partial charge on any atom is 0.327 e. The van der Waals surface area contributed by atoms with Crippen LogP contribution in [0.1, 0.15) is 6.92 Å². The summed E-state index contributed by atoms with van der Waals surface area (Å²) in [4.78, 5) is 9.25. The minimum absolute atomic E-state index is 0.560. The second kappa shape index (κ2) is 17.1. The van der Waals surface area contributed by atoms with Crippen molar-refractivity contribution in [2.24, 2.45) is 0 Å². The zero-order chi connectivity index (χ0) is 12.0. The molecule has 14 heavy (non-hydrogen) atoms. The lowest BCUT2D eigenvalue weighted by atomic mass is 10.4. The monoisotopic (exact) mass is 193 g/mol. The van der Waals surface area contributed by atoms with Crippen molar-refractivity contribution in [2.75, 3.05) is 0 Å². The van der Waals surface area contributed by atoms with Crippen molar-refractivity contribution in [3.05, 3.63) is 50.1 Å². The lowest BCUT2D eigenvalue weighted by Gasteiger charge is -1.64. The molecule has 0 aromatic carbocycles. The van der Waals surface area contributed by atoms with Crippen molar-refractivity contribution >= 4 is 5.97 Å². The van der Waals surface area contributed by atoms with Crippen molar-refractivity contribution in [2.45, 2.75) is 6.92 Å². The number of hydrogen-bond acceptors (Lipinski definition) is 2. The largest absolute Gasteiger partial charge is 0.478 e. The van der Waals surface area contributed by atoms with Gasteiger partial charge in [0.05, 0.1) is 6.07 Å². The molecule has 0 radical (unpaired) electrons. The van der Waals surface area contributed by atoms with Crippen LogP contribution < -0.4 is 0 Å². The molecule has 0 rings (SSSR count). The first-order chi connectivity index (χ1) is 6.45. The molecule has 0 unspecified atom stereocenters. The molecular weight excluding hydrogens is 178 g/mol. The van der Waals surface area contributed by atoms with Crippen LogP contribution in [0, 0.1) is 11.3 Å². The zero-order valence-electron chi connectivity index (χ0n) is 8.36. The van der Waals surface area contributed by atoms with E-state index in [9.17, 15) is 4.79 Å². The predicted molar refractivity (Wildman–Crippen MR) is 58.7 cm³/mol. The summed E-state index contributed by atoms with van der Waals surface area (Å²) in [5.74, 6) is -0.981. The summed E-state index contributed by atoms with van der Waals surface area (Å²) in [6.45, 7) is 14.7. The fourth-order valence-corrected chi connectivity index (χ4v) is 0. The van der Waals surface area contributed by atoms with E-state index in [0.29, 0.717) is 5.57 Å². The number of nitrogens with zero attached hydrogens (tertiary/aromatic N) is 1. The Morgan fingerprint density at radius 3 is 1.57 bits per heavy atom. The molecule has 0 aromatic heterocycles. The van der Waals surface area contributed by atoms with E-state index in [1.54, 1.807) is 19.1 Å². The molecule has 0 aromatic rings. The first-order valence-corrected chi connectivity index (χ1v) is 3.60. The fourth-order valence-electron chi connectivity index (χ4n) is 0. The third kappa shape index (κ3) is 92.6. The lowest BCUT2D eigenvalue weighted by Crippen LogP contribution is -1.82. The standard InChI is InChI=1S/C4H5N.C4H6.C3H4O2/c1-4(2)3-5;1-3-4-2;1-2-3(4)5/h1H2,2H3;3-4H,1-2H2;2H,1H2,(H,4,5). The summed E-state index contributed by atoms with van der Waals surface area (Å²) in [6, 6.07) is 1.83. The van der Waals surface area contributed by atoms with Gasteiger partial charge in [0, 0.05) is 11.6 Å². The molecule has 0 aliphatic heterocycles. The van der Waals surface area contributed by atoms with Gasteiger partial charge in [-0.15, -0.1) is 0 Å². The first kappa shape index (κ1) is 17.9. The summed E-state index contributed by atoms with van der Waals surface area (Å²) in [5, 5.41) is 15.4.